The number of aliphatic hydroxyl groups is 1. The van der Waals surface area contributed by atoms with E-state index in [1.807, 2.05) is 0 Å². The third-order valence-corrected chi connectivity index (χ3v) is 3.44. The van der Waals surface area contributed by atoms with E-state index in [2.05, 4.69) is 10.1 Å². The molecule has 2 N–H and O–H groups in total. The van der Waals surface area contributed by atoms with Gasteiger partial charge in [0, 0.05) is 24.7 Å². The second kappa shape index (κ2) is 6.15. The quantitative estimate of drug-likeness (QED) is 0.776. The minimum atomic E-state index is -1.91. The average Bonchev–Trinajstić information content (AvgIpc) is 3.05. The fourth-order valence-electron chi connectivity index (χ4n) is 2.29. The van der Waals surface area contributed by atoms with E-state index in [-0.39, 0.29) is 13.2 Å². The highest BCUT2D eigenvalue weighted by atomic mass is 16.5. The summed E-state index contributed by atoms with van der Waals surface area (Å²) in [5.41, 5.74) is 0.772. The Morgan fingerprint density at radius 1 is 1.35 bits per heavy atom. The molecule has 2 aromatic rings. The highest BCUT2D eigenvalue weighted by Gasteiger charge is 2.39. The lowest BCUT2D eigenvalue weighted by molar-refractivity contribution is -0.163. The van der Waals surface area contributed by atoms with Crippen LogP contribution in [0.1, 0.15) is 0 Å². The molecule has 9 heteroatoms. The molecule has 3 heterocycles. The first-order chi connectivity index (χ1) is 11.1. The molecule has 9 nitrogen and oxygen atoms in total. The number of hydrogen-bond donors (Lipinski definition) is 2. The molecule has 0 bridgehead atoms. The summed E-state index contributed by atoms with van der Waals surface area (Å²) in [7, 11) is 0. The summed E-state index contributed by atoms with van der Waals surface area (Å²) >= 11 is 0. The van der Waals surface area contributed by atoms with Gasteiger partial charge in [-0.3, -0.25) is 14.7 Å². The van der Waals surface area contributed by atoms with E-state index >= 15 is 0 Å². The molecular weight excluding hydrogens is 304 g/mol. The van der Waals surface area contributed by atoms with Crippen molar-refractivity contribution in [3.63, 3.8) is 0 Å². The smallest absolute Gasteiger partial charge is 0.335 e. The van der Waals surface area contributed by atoms with E-state index in [0.29, 0.717) is 5.82 Å². The van der Waals surface area contributed by atoms with Crippen LogP contribution in [0.4, 0.5) is 5.82 Å². The fraction of sp³-hybridized carbons (Fsp3) is 0.286. The van der Waals surface area contributed by atoms with Gasteiger partial charge in [-0.1, -0.05) is 0 Å². The van der Waals surface area contributed by atoms with Gasteiger partial charge >= 0.3 is 5.97 Å². The van der Waals surface area contributed by atoms with Crippen molar-refractivity contribution in [1.82, 2.24) is 14.8 Å². The van der Waals surface area contributed by atoms with Crippen LogP contribution in [0.5, 0.6) is 0 Å². The number of carbonyl (C=O) groups excluding carboxylic acids is 1. The van der Waals surface area contributed by atoms with Gasteiger partial charge in [0.1, 0.15) is 0 Å². The number of morpholine rings is 1. The zero-order chi connectivity index (χ0) is 16.4. The first-order valence-electron chi connectivity index (χ1n) is 6.88. The maximum absolute atomic E-state index is 12.3. The molecule has 23 heavy (non-hydrogen) atoms. The summed E-state index contributed by atoms with van der Waals surface area (Å²) in [6.07, 6.45) is 1.57. The van der Waals surface area contributed by atoms with Crippen LogP contribution in [0, 0.1) is 0 Å². The van der Waals surface area contributed by atoms with Crippen LogP contribution in [0.2, 0.25) is 0 Å². The van der Waals surface area contributed by atoms with Crippen LogP contribution < -0.4 is 4.90 Å². The van der Waals surface area contributed by atoms with E-state index in [1.165, 1.54) is 4.90 Å². The second-order valence-corrected chi connectivity index (χ2v) is 4.89. The van der Waals surface area contributed by atoms with E-state index < -0.39 is 24.1 Å². The Kier molecular flexibility index (Phi) is 4.04. The number of carboxylic acids is 1. The summed E-state index contributed by atoms with van der Waals surface area (Å²) in [6, 6.07) is 5.15. The minimum absolute atomic E-state index is 0.114. The third-order valence-electron chi connectivity index (χ3n) is 3.44. The molecule has 3 rings (SSSR count). The number of carbonyl (C=O) groups is 2. The molecule has 0 aliphatic carbocycles. The number of ether oxygens (including phenoxy) is 1. The van der Waals surface area contributed by atoms with Gasteiger partial charge in [0.2, 0.25) is 0 Å². The van der Waals surface area contributed by atoms with Crippen LogP contribution >= 0.6 is 0 Å². The number of carboxylic acid groups (broad SMARTS) is 1. The molecule has 120 valence electrons. The molecule has 1 aliphatic rings. The molecular formula is C14H14N4O5. The molecule has 0 saturated carbocycles. The Bertz CT molecular complexity index is 717. The summed E-state index contributed by atoms with van der Waals surface area (Å²) in [6.45, 7) is 0.345. The van der Waals surface area contributed by atoms with Crippen LogP contribution in [-0.2, 0) is 14.3 Å². The van der Waals surface area contributed by atoms with E-state index in [0.717, 1.165) is 5.69 Å². The molecule has 0 aromatic carbocycles. The first-order valence-corrected chi connectivity index (χ1v) is 6.88. The van der Waals surface area contributed by atoms with Gasteiger partial charge in [-0.25, -0.2) is 9.48 Å². The van der Waals surface area contributed by atoms with Crippen molar-refractivity contribution in [2.45, 2.75) is 12.2 Å². The zero-order valence-corrected chi connectivity index (χ0v) is 11.9. The van der Waals surface area contributed by atoms with Gasteiger partial charge in [-0.15, -0.1) is 5.10 Å². The van der Waals surface area contributed by atoms with Crippen LogP contribution in [0.3, 0.4) is 0 Å². The summed E-state index contributed by atoms with van der Waals surface area (Å²) in [4.78, 5) is 28.4. The molecule has 1 saturated heterocycles. The topological polar surface area (TPSA) is 118 Å². The highest BCUT2D eigenvalue weighted by Crippen LogP contribution is 2.19. The summed E-state index contributed by atoms with van der Waals surface area (Å²) in [5.74, 6) is -1.78. The van der Waals surface area contributed by atoms with Crippen molar-refractivity contribution in [3.8, 4) is 5.69 Å². The van der Waals surface area contributed by atoms with Gasteiger partial charge in [-0.2, -0.15) is 0 Å². The number of rotatable bonds is 4. The van der Waals surface area contributed by atoms with Crippen LogP contribution in [-0.4, -0.2) is 62.2 Å². The predicted octanol–water partition coefficient (Wildman–Crippen LogP) is -0.555. The number of aromatic nitrogens is 3. The number of anilines is 1. The average molecular weight is 318 g/mol. The lowest BCUT2D eigenvalue weighted by Gasteiger charge is -2.31. The maximum Gasteiger partial charge on any atom is 0.335 e. The Hall–Kier alpha value is -2.78. The third kappa shape index (κ3) is 2.91. The SMILES string of the molecule is O=C(O)[C@H](O)[C@H]1OCCN(c2ccn(-c3ccncc3)n2)C1=O. The highest BCUT2D eigenvalue weighted by molar-refractivity contribution is 5.99. The van der Waals surface area contributed by atoms with Gasteiger partial charge in [-0.05, 0) is 12.1 Å². The van der Waals surface area contributed by atoms with E-state index in [4.69, 9.17) is 9.84 Å². The molecule has 1 amide bonds. The number of aliphatic hydroxyl groups excluding tert-OH is 1. The van der Waals surface area contributed by atoms with Gasteiger partial charge in [0.25, 0.3) is 5.91 Å². The van der Waals surface area contributed by atoms with Crippen molar-refractivity contribution in [3.05, 3.63) is 36.8 Å². The Morgan fingerprint density at radius 2 is 2.09 bits per heavy atom. The second-order valence-electron chi connectivity index (χ2n) is 4.89. The van der Waals surface area contributed by atoms with E-state index in [9.17, 15) is 14.7 Å². The molecule has 0 spiro atoms. The van der Waals surface area contributed by atoms with Crippen molar-refractivity contribution < 1.29 is 24.5 Å². The Balaban J connectivity index is 1.83. The molecule has 2 atom stereocenters. The molecule has 0 radical (unpaired) electrons. The van der Waals surface area contributed by atoms with Gasteiger partial charge in [0.05, 0.1) is 18.8 Å². The standard InChI is InChI=1S/C14H14N4O5/c19-11(14(21)22)12-13(20)17(7-8-23-12)10-3-6-18(16-10)9-1-4-15-5-2-9/h1-6,11-12,19H,7-8H2,(H,21,22)/t11-,12-/m1/s1. The van der Waals surface area contributed by atoms with Crippen molar-refractivity contribution in [2.24, 2.45) is 0 Å². The number of amides is 1. The van der Waals surface area contributed by atoms with Crippen molar-refractivity contribution >= 4 is 17.7 Å². The fourth-order valence-corrected chi connectivity index (χ4v) is 2.29. The lowest BCUT2D eigenvalue weighted by Crippen LogP contribution is -2.54. The summed E-state index contributed by atoms with van der Waals surface area (Å²) in [5, 5.41) is 22.7. The maximum atomic E-state index is 12.3. The molecule has 1 aliphatic heterocycles. The Morgan fingerprint density at radius 3 is 2.78 bits per heavy atom. The lowest BCUT2D eigenvalue weighted by atomic mass is 10.1. The van der Waals surface area contributed by atoms with Crippen molar-refractivity contribution in [1.29, 1.82) is 0 Å². The zero-order valence-electron chi connectivity index (χ0n) is 11.9. The molecule has 0 unspecified atom stereocenters. The first kappa shape index (κ1) is 15.1. The minimum Gasteiger partial charge on any atom is -0.479 e. The molecule has 2 aromatic heterocycles. The number of hydrogen-bond acceptors (Lipinski definition) is 6. The number of nitrogens with zero attached hydrogens (tertiary/aromatic N) is 4. The van der Waals surface area contributed by atoms with Gasteiger partial charge in [0.15, 0.2) is 18.0 Å². The predicted molar refractivity (Wildman–Crippen MR) is 77.1 cm³/mol. The largest absolute Gasteiger partial charge is 0.479 e. The normalized spacial score (nSPS) is 19.6. The molecule has 1 fully saturated rings. The van der Waals surface area contributed by atoms with Crippen LogP contribution in [0.15, 0.2) is 36.8 Å². The summed E-state index contributed by atoms with van der Waals surface area (Å²) < 4.78 is 6.66. The van der Waals surface area contributed by atoms with E-state index in [1.54, 1.807) is 41.5 Å². The van der Waals surface area contributed by atoms with Crippen LogP contribution in [0.25, 0.3) is 5.69 Å². The number of aliphatic carboxylic acids is 1. The Labute approximate surface area is 130 Å². The monoisotopic (exact) mass is 318 g/mol. The van der Waals surface area contributed by atoms with Gasteiger partial charge < -0.3 is 14.9 Å². The van der Waals surface area contributed by atoms with Crippen molar-refractivity contribution in [2.75, 3.05) is 18.1 Å². The number of pyridine rings is 1.